The first-order chi connectivity index (χ1) is 2.50. The zero-order valence-electron chi connectivity index (χ0n) is 4.13. The topological polar surface area (TPSA) is 0 Å². The van der Waals surface area contributed by atoms with Gasteiger partial charge in [-0.05, 0) is 0 Å². The van der Waals surface area contributed by atoms with Crippen LogP contribution in [0, 0.1) is 5.38 Å². The molecule has 1 rings (SSSR count). The summed E-state index contributed by atoms with van der Waals surface area (Å²) in [4.78, 5) is 0. The minimum atomic E-state index is 0. The maximum absolute atomic E-state index is 2.90. The Morgan fingerprint density at radius 3 is 2.12 bits per heavy atom. The smallest absolute Gasteiger partial charge is 1.00 e. The average Bonchev–Trinajstić information content (AvgIpc) is 1.76. The average molecular weight is 224 g/mol. The van der Waals surface area contributed by atoms with Crippen molar-refractivity contribution < 1.29 is 12.4 Å². The van der Waals surface area contributed by atoms with Crippen LogP contribution in [0.4, 0.5) is 0 Å². The van der Waals surface area contributed by atoms with E-state index in [0.29, 0.717) is 0 Å². The third-order valence-electron chi connectivity index (χ3n) is 0.379. The maximum atomic E-state index is 2.90. The predicted molar refractivity (Wildman–Crippen MR) is 39.2 cm³/mol. The second-order valence-electron chi connectivity index (χ2n) is 0.731. The second kappa shape index (κ2) is 11.1. The first kappa shape index (κ1) is 16.1. The van der Waals surface area contributed by atoms with E-state index < -0.39 is 0 Å². The van der Waals surface area contributed by atoms with Gasteiger partial charge in [-0.3, -0.25) is 0 Å². The number of hydrogen-bond acceptors (Lipinski definition) is 1. The van der Waals surface area contributed by atoms with Crippen LogP contribution in [0.5, 0.6) is 0 Å². The third kappa shape index (κ3) is 7.24. The summed E-state index contributed by atoms with van der Waals surface area (Å²) in [6.45, 7) is 0. The fourth-order valence-corrected chi connectivity index (χ4v) is 0.589. The molecule has 0 saturated heterocycles. The van der Waals surface area contributed by atoms with E-state index in [4.69, 9.17) is 0 Å². The van der Waals surface area contributed by atoms with Gasteiger partial charge in [-0.25, -0.2) is 6.07 Å². The third-order valence-corrected chi connectivity index (χ3v) is 0.944. The van der Waals surface area contributed by atoms with Crippen molar-refractivity contribution in [3.63, 3.8) is 0 Å². The van der Waals surface area contributed by atoms with Crippen molar-refractivity contribution in [2.45, 2.75) is 0 Å². The van der Waals surface area contributed by atoms with Crippen molar-refractivity contribution in [1.82, 2.24) is 0 Å². The maximum Gasteiger partial charge on any atom is 2.00 e. The fourth-order valence-electron chi connectivity index (χ4n) is 0.196. The molecule has 42 valence electrons. The molecule has 8 heavy (non-hydrogen) atoms. The molecular formula is C4H4BrClMgS. The van der Waals surface area contributed by atoms with Crippen molar-refractivity contribution in [2.24, 2.45) is 0 Å². The van der Waals surface area contributed by atoms with E-state index in [1.165, 1.54) is 0 Å². The molecule has 0 atom stereocenters. The summed E-state index contributed by atoms with van der Waals surface area (Å²) < 4.78 is 0. The number of thiophene rings is 1. The molecule has 0 radical (unpaired) electrons. The number of halogens is 2. The van der Waals surface area contributed by atoms with Gasteiger partial charge in [0, 0.05) is 0 Å². The molecule has 0 spiro atoms. The first-order valence-electron chi connectivity index (χ1n) is 1.40. The molecule has 0 fully saturated rings. The normalized spacial score (nSPS) is 5.00. The van der Waals surface area contributed by atoms with Gasteiger partial charge >= 0.3 is 23.1 Å². The largest absolute Gasteiger partial charge is 2.00 e. The van der Waals surface area contributed by atoms with E-state index >= 15 is 0 Å². The zero-order valence-corrected chi connectivity index (χ0v) is 8.83. The van der Waals surface area contributed by atoms with Crippen LogP contribution in [-0.4, -0.2) is 23.1 Å². The van der Waals surface area contributed by atoms with Gasteiger partial charge in [0.25, 0.3) is 0 Å². The zero-order chi connectivity index (χ0) is 3.54. The van der Waals surface area contributed by atoms with Crippen LogP contribution in [0.3, 0.4) is 0 Å². The van der Waals surface area contributed by atoms with E-state index in [0.717, 1.165) is 0 Å². The Hall–Kier alpha value is 1.24. The van der Waals surface area contributed by atoms with Gasteiger partial charge in [-0.2, -0.15) is 11.4 Å². The van der Waals surface area contributed by atoms with Crippen LogP contribution in [0.25, 0.3) is 0 Å². The summed E-state index contributed by atoms with van der Waals surface area (Å²) in [6.07, 6.45) is 0. The Morgan fingerprint density at radius 2 is 2.00 bits per heavy atom. The van der Waals surface area contributed by atoms with Crippen LogP contribution in [-0.2, 0) is 0 Å². The Morgan fingerprint density at radius 1 is 1.38 bits per heavy atom. The quantitative estimate of drug-likeness (QED) is 0.381. The Bertz CT molecular complexity index is 72.5. The fraction of sp³-hybridized carbons (Fsp3) is 0. The van der Waals surface area contributed by atoms with Crippen molar-refractivity contribution in [3.05, 3.63) is 22.9 Å². The molecular weight excluding hydrogens is 220 g/mol. The summed E-state index contributed by atoms with van der Waals surface area (Å²) in [5, 5.41) is 4.89. The summed E-state index contributed by atoms with van der Waals surface area (Å²) in [5.41, 5.74) is 0. The molecule has 0 nitrogen and oxygen atoms in total. The first-order valence-corrected chi connectivity index (χ1v) is 2.27. The van der Waals surface area contributed by atoms with E-state index in [1.54, 1.807) is 11.3 Å². The van der Waals surface area contributed by atoms with Crippen LogP contribution in [0.1, 0.15) is 0 Å². The SMILES string of the molecule is Br.[Cl-].[Mg+2].[c-]1cccs1. The van der Waals surface area contributed by atoms with Crippen LogP contribution in [0.2, 0.25) is 0 Å². The monoisotopic (exact) mass is 222 g/mol. The molecule has 0 bridgehead atoms. The molecule has 0 amide bonds. The standard InChI is InChI=1S/C4H3S.BrH.ClH.Mg/c1-2-4-5-3-1;;;/h1-3H;2*1H;/q-1;;;+2/p-1. The molecule has 0 N–H and O–H groups in total. The Balaban J connectivity index is -0.0000000833. The second-order valence-corrected chi connectivity index (χ2v) is 1.47. The van der Waals surface area contributed by atoms with Gasteiger partial charge in [0.2, 0.25) is 0 Å². The molecule has 1 heterocycles. The molecule has 1 aromatic rings. The van der Waals surface area contributed by atoms with Gasteiger partial charge in [-0.15, -0.1) is 22.4 Å². The summed E-state index contributed by atoms with van der Waals surface area (Å²) in [7, 11) is 0. The molecule has 0 aliphatic heterocycles. The van der Waals surface area contributed by atoms with Gasteiger partial charge in [0.05, 0.1) is 0 Å². The van der Waals surface area contributed by atoms with Gasteiger partial charge < -0.3 is 23.7 Å². The van der Waals surface area contributed by atoms with Crippen molar-refractivity contribution in [3.8, 4) is 0 Å². The summed E-state index contributed by atoms with van der Waals surface area (Å²) >= 11 is 1.59. The molecule has 0 aromatic carbocycles. The van der Waals surface area contributed by atoms with Gasteiger partial charge in [0.1, 0.15) is 0 Å². The Labute approximate surface area is 86.0 Å². The van der Waals surface area contributed by atoms with Crippen molar-refractivity contribution in [2.75, 3.05) is 0 Å². The van der Waals surface area contributed by atoms with Crippen LogP contribution in [0.15, 0.2) is 17.5 Å². The van der Waals surface area contributed by atoms with Gasteiger partial charge in [-0.1, -0.05) is 0 Å². The van der Waals surface area contributed by atoms with Gasteiger partial charge in [0.15, 0.2) is 0 Å². The van der Waals surface area contributed by atoms with Crippen LogP contribution >= 0.6 is 28.3 Å². The van der Waals surface area contributed by atoms with Crippen molar-refractivity contribution in [1.29, 1.82) is 0 Å². The minimum absolute atomic E-state index is 0. The van der Waals surface area contributed by atoms with E-state index in [1.807, 2.05) is 17.5 Å². The van der Waals surface area contributed by atoms with Crippen LogP contribution < -0.4 is 12.4 Å². The summed E-state index contributed by atoms with van der Waals surface area (Å²) in [6, 6.07) is 3.86. The predicted octanol–water partition coefficient (Wildman–Crippen LogP) is -1.25. The molecule has 0 saturated carbocycles. The molecule has 0 unspecified atom stereocenters. The van der Waals surface area contributed by atoms with E-state index in [-0.39, 0.29) is 52.4 Å². The molecule has 0 aliphatic carbocycles. The molecule has 4 heteroatoms. The van der Waals surface area contributed by atoms with E-state index in [9.17, 15) is 0 Å². The number of hydrogen-bond donors (Lipinski definition) is 0. The molecule has 0 aliphatic rings. The Kier molecular flexibility index (Phi) is 22.3. The molecule has 1 aromatic heterocycles. The minimum Gasteiger partial charge on any atom is -1.00 e. The summed E-state index contributed by atoms with van der Waals surface area (Å²) in [5.74, 6) is 0. The number of rotatable bonds is 0. The van der Waals surface area contributed by atoms with E-state index in [2.05, 4.69) is 5.38 Å². The van der Waals surface area contributed by atoms with Crippen molar-refractivity contribution >= 4 is 51.4 Å².